The van der Waals surface area contributed by atoms with Gasteiger partial charge in [-0.25, -0.2) is 0 Å². The Morgan fingerprint density at radius 3 is 2.83 bits per heavy atom. The van der Waals surface area contributed by atoms with Crippen molar-refractivity contribution in [3.63, 3.8) is 0 Å². The zero-order chi connectivity index (χ0) is 16.2. The van der Waals surface area contributed by atoms with Gasteiger partial charge in [0.15, 0.2) is 11.5 Å². The number of benzene rings is 2. The van der Waals surface area contributed by atoms with Gasteiger partial charge in [0.2, 0.25) is 6.79 Å². The number of hydrogen-bond acceptors (Lipinski definition) is 5. The Labute approximate surface area is 133 Å². The molecule has 6 nitrogen and oxygen atoms in total. The largest absolute Gasteiger partial charge is 0.507 e. The number of methoxy groups -OCH3 is 1. The summed E-state index contributed by atoms with van der Waals surface area (Å²) < 4.78 is 15.6. The van der Waals surface area contributed by atoms with E-state index in [2.05, 4.69) is 5.32 Å². The zero-order valence-corrected chi connectivity index (χ0v) is 12.7. The normalized spacial score (nSPS) is 12.0. The van der Waals surface area contributed by atoms with Gasteiger partial charge in [0, 0.05) is 12.6 Å². The first-order chi connectivity index (χ1) is 11.2. The Hall–Kier alpha value is -2.89. The van der Waals surface area contributed by atoms with E-state index in [1.807, 2.05) is 18.2 Å². The van der Waals surface area contributed by atoms with Gasteiger partial charge < -0.3 is 24.6 Å². The highest BCUT2D eigenvalue weighted by Gasteiger charge is 2.14. The molecule has 6 heteroatoms. The van der Waals surface area contributed by atoms with Gasteiger partial charge in [0.25, 0.3) is 5.91 Å². The van der Waals surface area contributed by atoms with Crippen molar-refractivity contribution in [3.8, 4) is 23.0 Å². The Bertz CT molecular complexity index is 729. The number of amides is 1. The lowest BCUT2D eigenvalue weighted by Gasteiger charge is -2.08. The van der Waals surface area contributed by atoms with E-state index in [0.717, 1.165) is 17.1 Å². The molecule has 0 atom stereocenters. The SMILES string of the molecule is COc1ccc(C(=O)NCCc2ccc3c(c2)OCO3)c(O)c1. The van der Waals surface area contributed by atoms with E-state index in [4.69, 9.17) is 14.2 Å². The fraction of sp³-hybridized carbons (Fsp3) is 0.235. The summed E-state index contributed by atoms with van der Waals surface area (Å²) in [6.45, 7) is 0.691. The lowest BCUT2D eigenvalue weighted by atomic mass is 10.1. The van der Waals surface area contributed by atoms with Crippen molar-refractivity contribution in [2.45, 2.75) is 6.42 Å². The van der Waals surface area contributed by atoms with E-state index in [-0.39, 0.29) is 24.0 Å². The predicted octanol–water partition coefficient (Wildman–Crippen LogP) is 2.10. The summed E-state index contributed by atoms with van der Waals surface area (Å²) in [5.41, 5.74) is 1.25. The summed E-state index contributed by atoms with van der Waals surface area (Å²) in [4.78, 5) is 12.1. The molecule has 0 aliphatic carbocycles. The molecule has 1 aliphatic heterocycles. The van der Waals surface area contributed by atoms with E-state index in [9.17, 15) is 9.90 Å². The van der Waals surface area contributed by atoms with Crippen LogP contribution in [0.1, 0.15) is 15.9 Å². The van der Waals surface area contributed by atoms with Gasteiger partial charge in [-0.3, -0.25) is 4.79 Å². The summed E-state index contributed by atoms with van der Waals surface area (Å²) in [5.74, 6) is 1.53. The fourth-order valence-corrected chi connectivity index (χ4v) is 2.34. The molecule has 23 heavy (non-hydrogen) atoms. The van der Waals surface area contributed by atoms with E-state index in [1.54, 1.807) is 6.07 Å². The van der Waals surface area contributed by atoms with Crippen molar-refractivity contribution < 1.29 is 24.1 Å². The minimum absolute atomic E-state index is 0.107. The molecule has 1 amide bonds. The second-order valence-corrected chi connectivity index (χ2v) is 5.08. The van der Waals surface area contributed by atoms with Crippen molar-refractivity contribution in [2.24, 2.45) is 0 Å². The molecular weight excluding hydrogens is 298 g/mol. The molecule has 1 aliphatic rings. The number of phenolic OH excluding ortho intramolecular Hbond substituents is 1. The monoisotopic (exact) mass is 315 g/mol. The van der Waals surface area contributed by atoms with Crippen LogP contribution in [0.3, 0.4) is 0 Å². The molecule has 0 bridgehead atoms. The molecule has 0 fully saturated rings. The van der Waals surface area contributed by atoms with Crippen LogP contribution in [0, 0.1) is 0 Å². The average Bonchev–Trinajstić information content (AvgIpc) is 3.02. The number of nitrogens with one attached hydrogen (secondary N) is 1. The standard InChI is InChI=1S/C17H17NO5/c1-21-12-3-4-13(14(19)9-12)17(20)18-7-6-11-2-5-15-16(8-11)23-10-22-15/h2-5,8-9,19H,6-7,10H2,1H3,(H,18,20). The van der Waals surface area contributed by atoms with E-state index >= 15 is 0 Å². The molecular formula is C17H17NO5. The molecule has 0 aromatic heterocycles. The first kappa shape index (κ1) is 15.0. The van der Waals surface area contributed by atoms with Gasteiger partial charge in [0.05, 0.1) is 12.7 Å². The Balaban J connectivity index is 1.57. The fourth-order valence-electron chi connectivity index (χ4n) is 2.34. The highest BCUT2D eigenvalue weighted by Crippen LogP contribution is 2.32. The molecule has 0 spiro atoms. The third kappa shape index (κ3) is 3.31. The smallest absolute Gasteiger partial charge is 0.255 e. The number of rotatable bonds is 5. The molecule has 0 saturated heterocycles. The topological polar surface area (TPSA) is 77.0 Å². The van der Waals surface area contributed by atoms with Crippen LogP contribution in [0.5, 0.6) is 23.0 Å². The van der Waals surface area contributed by atoms with Gasteiger partial charge in [-0.1, -0.05) is 6.07 Å². The number of phenols is 1. The average molecular weight is 315 g/mol. The van der Waals surface area contributed by atoms with E-state index in [1.165, 1.54) is 19.2 Å². The van der Waals surface area contributed by atoms with Crippen LogP contribution in [-0.2, 0) is 6.42 Å². The van der Waals surface area contributed by atoms with Gasteiger partial charge in [-0.15, -0.1) is 0 Å². The van der Waals surface area contributed by atoms with Crippen molar-refractivity contribution in [1.29, 1.82) is 0 Å². The quantitative estimate of drug-likeness (QED) is 0.883. The van der Waals surface area contributed by atoms with Crippen LogP contribution in [0.2, 0.25) is 0 Å². The van der Waals surface area contributed by atoms with Crippen LogP contribution < -0.4 is 19.5 Å². The number of carbonyl (C=O) groups is 1. The van der Waals surface area contributed by atoms with Gasteiger partial charge in [0.1, 0.15) is 11.5 Å². The van der Waals surface area contributed by atoms with E-state index < -0.39 is 0 Å². The number of fused-ring (bicyclic) bond motifs is 1. The van der Waals surface area contributed by atoms with Gasteiger partial charge >= 0.3 is 0 Å². The van der Waals surface area contributed by atoms with Crippen LogP contribution in [0.4, 0.5) is 0 Å². The minimum Gasteiger partial charge on any atom is -0.507 e. The molecule has 0 unspecified atom stereocenters. The highest BCUT2D eigenvalue weighted by atomic mass is 16.7. The summed E-state index contributed by atoms with van der Waals surface area (Å²) in [7, 11) is 1.50. The summed E-state index contributed by atoms with van der Waals surface area (Å²) >= 11 is 0. The Kier molecular flexibility index (Phi) is 4.23. The van der Waals surface area contributed by atoms with Crippen LogP contribution in [-0.4, -0.2) is 31.5 Å². The van der Waals surface area contributed by atoms with Crippen molar-refractivity contribution in [3.05, 3.63) is 47.5 Å². The molecule has 2 aromatic carbocycles. The molecule has 0 radical (unpaired) electrons. The third-order valence-electron chi connectivity index (χ3n) is 3.59. The second-order valence-electron chi connectivity index (χ2n) is 5.08. The summed E-state index contributed by atoms with van der Waals surface area (Å²) in [5, 5.41) is 12.6. The van der Waals surface area contributed by atoms with Crippen molar-refractivity contribution in [1.82, 2.24) is 5.32 Å². The minimum atomic E-state index is -0.328. The molecule has 0 saturated carbocycles. The summed E-state index contributed by atoms with van der Waals surface area (Å²) in [6, 6.07) is 10.3. The van der Waals surface area contributed by atoms with Crippen molar-refractivity contribution in [2.75, 3.05) is 20.4 Å². The first-order valence-electron chi connectivity index (χ1n) is 7.21. The highest BCUT2D eigenvalue weighted by molar-refractivity contribution is 5.97. The van der Waals surface area contributed by atoms with Crippen LogP contribution in [0.25, 0.3) is 0 Å². The lowest BCUT2D eigenvalue weighted by molar-refractivity contribution is 0.0951. The van der Waals surface area contributed by atoms with Crippen LogP contribution in [0.15, 0.2) is 36.4 Å². The second kappa shape index (κ2) is 6.48. The maximum atomic E-state index is 12.1. The molecule has 2 aromatic rings. The third-order valence-corrected chi connectivity index (χ3v) is 3.59. The zero-order valence-electron chi connectivity index (χ0n) is 12.7. The number of aromatic hydroxyl groups is 1. The maximum absolute atomic E-state index is 12.1. The number of ether oxygens (including phenoxy) is 3. The number of carbonyl (C=O) groups excluding carboxylic acids is 1. The molecule has 120 valence electrons. The van der Waals surface area contributed by atoms with Gasteiger partial charge in [-0.2, -0.15) is 0 Å². The Morgan fingerprint density at radius 1 is 1.22 bits per heavy atom. The Morgan fingerprint density at radius 2 is 2.04 bits per heavy atom. The molecule has 1 heterocycles. The van der Waals surface area contributed by atoms with E-state index in [0.29, 0.717) is 18.7 Å². The maximum Gasteiger partial charge on any atom is 0.255 e. The first-order valence-corrected chi connectivity index (χ1v) is 7.21. The van der Waals surface area contributed by atoms with Gasteiger partial charge in [-0.05, 0) is 36.2 Å². The molecule has 2 N–H and O–H groups in total. The predicted molar refractivity (Wildman–Crippen MR) is 83.3 cm³/mol. The van der Waals surface area contributed by atoms with Crippen LogP contribution >= 0.6 is 0 Å². The summed E-state index contributed by atoms with van der Waals surface area (Å²) in [6.07, 6.45) is 0.652. The molecule has 3 rings (SSSR count). The number of hydrogen-bond donors (Lipinski definition) is 2. The lowest BCUT2D eigenvalue weighted by Crippen LogP contribution is -2.25. The van der Waals surface area contributed by atoms with Crippen molar-refractivity contribution >= 4 is 5.91 Å².